The first-order valence-electron chi connectivity index (χ1n) is 6.79. The van der Waals surface area contributed by atoms with Gasteiger partial charge in [0.15, 0.2) is 12.4 Å². The fraction of sp³-hybridized carbons (Fsp3) is 0.176. The Kier molecular flexibility index (Phi) is 5.55. The Labute approximate surface area is 133 Å². The number of hydrogen-bond donors (Lipinski definition) is 0. The minimum atomic E-state index is -0.551. The van der Waals surface area contributed by atoms with Crippen LogP contribution in [0, 0.1) is 0 Å². The molecule has 0 spiro atoms. The lowest BCUT2D eigenvalue weighted by Gasteiger charge is -2.06. The summed E-state index contributed by atoms with van der Waals surface area (Å²) < 4.78 is 10.3. The van der Waals surface area contributed by atoms with Crippen molar-refractivity contribution in [3.63, 3.8) is 0 Å². The molecule has 0 bridgehead atoms. The normalized spacial score (nSPS) is 10.1. The van der Waals surface area contributed by atoms with Gasteiger partial charge in [-0.1, -0.05) is 11.6 Å². The molecule has 0 aromatic heterocycles. The van der Waals surface area contributed by atoms with Crippen molar-refractivity contribution in [2.24, 2.45) is 0 Å². The summed E-state index contributed by atoms with van der Waals surface area (Å²) in [7, 11) is 0. The number of ketones is 1. The number of rotatable bonds is 6. The van der Waals surface area contributed by atoms with E-state index < -0.39 is 5.97 Å². The molecule has 114 valence electrons. The van der Waals surface area contributed by atoms with E-state index in [0.717, 1.165) is 0 Å². The number of carbonyl (C=O) groups excluding carboxylic acids is 2. The molecule has 5 heteroatoms. The van der Waals surface area contributed by atoms with E-state index in [1.165, 1.54) is 0 Å². The van der Waals surface area contributed by atoms with Gasteiger partial charge in [-0.25, -0.2) is 4.79 Å². The Balaban J connectivity index is 1.91. The molecule has 0 saturated heterocycles. The smallest absolute Gasteiger partial charge is 0.338 e. The van der Waals surface area contributed by atoms with E-state index in [1.807, 2.05) is 6.92 Å². The first kappa shape index (κ1) is 16.0. The molecular formula is C17H15ClO4. The van der Waals surface area contributed by atoms with E-state index in [0.29, 0.717) is 28.5 Å². The van der Waals surface area contributed by atoms with E-state index in [4.69, 9.17) is 21.1 Å². The zero-order valence-corrected chi connectivity index (χ0v) is 12.8. The van der Waals surface area contributed by atoms with Gasteiger partial charge >= 0.3 is 5.97 Å². The Morgan fingerprint density at radius 2 is 1.55 bits per heavy atom. The van der Waals surface area contributed by atoms with Gasteiger partial charge in [0.05, 0.1) is 12.2 Å². The van der Waals surface area contributed by atoms with E-state index in [9.17, 15) is 9.59 Å². The van der Waals surface area contributed by atoms with Crippen molar-refractivity contribution >= 4 is 23.4 Å². The third-order valence-electron chi connectivity index (χ3n) is 2.90. The number of esters is 1. The highest BCUT2D eigenvalue weighted by Crippen LogP contribution is 2.13. The quantitative estimate of drug-likeness (QED) is 0.601. The van der Waals surface area contributed by atoms with Crippen LogP contribution < -0.4 is 4.74 Å². The van der Waals surface area contributed by atoms with Crippen LogP contribution in [0.2, 0.25) is 5.02 Å². The molecule has 2 rings (SSSR count). The average Bonchev–Trinajstić information content (AvgIpc) is 2.54. The van der Waals surface area contributed by atoms with Gasteiger partial charge in [0.2, 0.25) is 0 Å². The van der Waals surface area contributed by atoms with Gasteiger partial charge in [0.25, 0.3) is 0 Å². The van der Waals surface area contributed by atoms with Crippen molar-refractivity contribution in [3.8, 4) is 5.75 Å². The van der Waals surface area contributed by atoms with Crippen LogP contribution in [0.4, 0.5) is 0 Å². The molecule has 0 atom stereocenters. The fourth-order valence-electron chi connectivity index (χ4n) is 1.79. The van der Waals surface area contributed by atoms with Crippen LogP contribution in [0.15, 0.2) is 48.5 Å². The lowest BCUT2D eigenvalue weighted by Crippen LogP contribution is -2.14. The van der Waals surface area contributed by atoms with E-state index in [-0.39, 0.29) is 12.4 Å². The second-order valence-electron chi connectivity index (χ2n) is 4.46. The highest BCUT2D eigenvalue weighted by molar-refractivity contribution is 6.30. The molecule has 0 amide bonds. The average molecular weight is 319 g/mol. The molecule has 0 N–H and O–H groups in total. The second-order valence-corrected chi connectivity index (χ2v) is 4.90. The lowest BCUT2D eigenvalue weighted by atomic mass is 10.1. The summed E-state index contributed by atoms with van der Waals surface area (Å²) in [5.41, 5.74) is 0.816. The van der Waals surface area contributed by atoms with Gasteiger partial charge in [0, 0.05) is 10.6 Å². The first-order valence-corrected chi connectivity index (χ1v) is 7.16. The second kappa shape index (κ2) is 7.61. The molecule has 0 aliphatic carbocycles. The largest absolute Gasteiger partial charge is 0.494 e. The van der Waals surface area contributed by atoms with Gasteiger partial charge < -0.3 is 9.47 Å². The van der Waals surface area contributed by atoms with Crippen LogP contribution in [-0.4, -0.2) is 25.0 Å². The van der Waals surface area contributed by atoms with Crippen LogP contribution in [-0.2, 0) is 4.74 Å². The van der Waals surface area contributed by atoms with E-state index in [2.05, 4.69) is 0 Å². The zero-order chi connectivity index (χ0) is 15.9. The van der Waals surface area contributed by atoms with Gasteiger partial charge in [0.1, 0.15) is 5.75 Å². The molecule has 4 nitrogen and oxygen atoms in total. The number of Topliss-reactive ketones (excluding diaryl/α,β-unsaturated/α-hetero) is 1. The Morgan fingerprint density at radius 1 is 0.955 bits per heavy atom. The van der Waals surface area contributed by atoms with Crippen molar-refractivity contribution in [3.05, 3.63) is 64.7 Å². The van der Waals surface area contributed by atoms with E-state index in [1.54, 1.807) is 48.5 Å². The number of halogens is 1. The van der Waals surface area contributed by atoms with Gasteiger partial charge in [-0.3, -0.25) is 4.79 Å². The van der Waals surface area contributed by atoms with Crippen LogP contribution >= 0.6 is 11.6 Å². The van der Waals surface area contributed by atoms with Crippen molar-refractivity contribution in [1.82, 2.24) is 0 Å². The number of ether oxygens (including phenoxy) is 2. The standard InChI is InChI=1S/C17H15ClO4/c1-2-21-15-9-5-13(6-10-15)17(20)22-11-16(19)12-3-7-14(18)8-4-12/h3-10H,2,11H2,1H3. The lowest BCUT2D eigenvalue weighted by molar-refractivity contribution is 0.0474. The summed E-state index contributed by atoms with van der Waals surface area (Å²) in [6.45, 7) is 2.12. The predicted molar refractivity (Wildman–Crippen MR) is 83.7 cm³/mol. The molecule has 0 unspecified atom stereocenters. The van der Waals surface area contributed by atoms with Crippen LogP contribution in [0.3, 0.4) is 0 Å². The first-order chi connectivity index (χ1) is 10.6. The molecule has 0 radical (unpaired) electrons. The third kappa shape index (κ3) is 4.33. The molecule has 0 heterocycles. The summed E-state index contributed by atoms with van der Waals surface area (Å²) in [4.78, 5) is 23.8. The Bertz CT molecular complexity index is 647. The third-order valence-corrected chi connectivity index (χ3v) is 3.15. The highest BCUT2D eigenvalue weighted by Gasteiger charge is 2.12. The van der Waals surface area contributed by atoms with Crippen LogP contribution in [0.5, 0.6) is 5.75 Å². The molecule has 0 saturated carbocycles. The minimum absolute atomic E-state index is 0.282. The molecule has 0 aliphatic rings. The summed E-state index contributed by atoms with van der Waals surface area (Å²) in [6, 6.07) is 13.0. The molecule has 2 aromatic rings. The molecule has 0 fully saturated rings. The maximum atomic E-state index is 11.9. The maximum Gasteiger partial charge on any atom is 0.338 e. The predicted octanol–water partition coefficient (Wildman–Crippen LogP) is 3.78. The molecular weight excluding hydrogens is 304 g/mol. The van der Waals surface area contributed by atoms with Crippen LogP contribution in [0.25, 0.3) is 0 Å². The van der Waals surface area contributed by atoms with Gasteiger partial charge in [-0.2, -0.15) is 0 Å². The number of benzene rings is 2. The fourth-order valence-corrected chi connectivity index (χ4v) is 1.91. The number of hydrogen-bond acceptors (Lipinski definition) is 4. The topological polar surface area (TPSA) is 52.6 Å². The Hall–Kier alpha value is -2.33. The summed E-state index contributed by atoms with van der Waals surface area (Å²) in [6.07, 6.45) is 0. The molecule has 0 aliphatic heterocycles. The van der Waals surface area contributed by atoms with Gasteiger partial charge in [-0.15, -0.1) is 0 Å². The SMILES string of the molecule is CCOc1ccc(C(=O)OCC(=O)c2ccc(Cl)cc2)cc1. The van der Waals surface area contributed by atoms with E-state index >= 15 is 0 Å². The summed E-state index contributed by atoms with van der Waals surface area (Å²) in [5, 5.41) is 0.544. The summed E-state index contributed by atoms with van der Waals surface area (Å²) in [5.74, 6) is -0.155. The Morgan fingerprint density at radius 3 is 2.14 bits per heavy atom. The van der Waals surface area contributed by atoms with Gasteiger partial charge in [-0.05, 0) is 55.5 Å². The number of carbonyl (C=O) groups is 2. The highest BCUT2D eigenvalue weighted by atomic mass is 35.5. The van der Waals surface area contributed by atoms with Crippen molar-refractivity contribution in [2.75, 3.05) is 13.2 Å². The van der Waals surface area contributed by atoms with Crippen molar-refractivity contribution in [1.29, 1.82) is 0 Å². The minimum Gasteiger partial charge on any atom is -0.494 e. The monoisotopic (exact) mass is 318 g/mol. The van der Waals surface area contributed by atoms with Crippen LogP contribution in [0.1, 0.15) is 27.6 Å². The van der Waals surface area contributed by atoms with Crippen molar-refractivity contribution in [2.45, 2.75) is 6.92 Å². The molecule has 22 heavy (non-hydrogen) atoms. The zero-order valence-electron chi connectivity index (χ0n) is 12.0. The molecule has 2 aromatic carbocycles. The van der Waals surface area contributed by atoms with Crippen molar-refractivity contribution < 1.29 is 19.1 Å². The maximum absolute atomic E-state index is 11.9. The summed E-state index contributed by atoms with van der Waals surface area (Å²) >= 11 is 5.75.